The van der Waals surface area contributed by atoms with E-state index in [9.17, 15) is 0 Å². The number of aromatic nitrogens is 2. The molecule has 0 aliphatic carbocycles. The minimum absolute atomic E-state index is 0.139. The third-order valence-corrected chi connectivity index (χ3v) is 5.28. The summed E-state index contributed by atoms with van der Waals surface area (Å²) in [6.45, 7) is 9.99. The van der Waals surface area contributed by atoms with Crippen molar-refractivity contribution in [3.63, 3.8) is 0 Å². The molecule has 0 N–H and O–H groups in total. The summed E-state index contributed by atoms with van der Waals surface area (Å²) in [5.41, 5.74) is 6.11. The molecule has 148 valence electrons. The molecule has 1 heterocycles. The molecule has 1 aromatic heterocycles. The molecule has 0 atom stereocenters. The number of fused-ring (bicyclic) bond motifs is 1. The largest absolute Gasteiger partial charge is 0.486 e. The van der Waals surface area contributed by atoms with Gasteiger partial charge in [-0.15, -0.1) is 0 Å². The molecule has 0 amide bonds. The van der Waals surface area contributed by atoms with Crippen LogP contribution in [0.4, 0.5) is 0 Å². The lowest BCUT2D eigenvalue weighted by atomic mass is 9.87. The number of para-hydroxylation sites is 2. The van der Waals surface area contributed by atoms with Crippen LogP contribution in [-0.4, -0.2) is 9.55 Å². The van der Waals surface area contributed by atoms with Gasteiger partial charge in [-0.2, -0.15) is 0 Å². The maximum absolute atomic E-state index is 6.10. The molecule has 0 radical (unpaired) electrons. The van der Waals surface area contributed by atoms with Gasteiger partial charge >= 0.3 is 0 Å². The third-order valence-electron chi connectivity index (χ3n) is 5.28. The van der Waals surface area contributed by atoms with Gasteiger partial charge < -0.3 is 9.30 Å². The highest BCUT2D eigenvalue weighted by molar-refractivity contribution is 5.76. The molecule has 0 bridgehead atoms. The summed E-state index contributed by atoms with van der Waals surface area (Å²) < 4.78 is 8.36. The van der Waals surface area contributed by atoms with Crippen molar-refractivity contribution in [2.24, 2.45) is 0 Å². The fourth-order valence-electron chi connectivity index (χ4n) is 3.49. The average molecular weight is 385 g/mol. The zero-order valence-corrected chi connectivity index (χ0v) is 17.6. The second-order valence-corrected chi connectivity index (χ2v) is 8.65. The van der Waals surface area contributed by atoms with E-state index in [2.05, 4.69) is 86.9 Å². The van der Waals surface area contributed by atoms with Gasteiger partial charge in [0.25, 0.3) is 0 Å². The molecule has 4 aromatic rings. The van der Waals surface area contributed by atoms with Gasteiger partial charge in [0.1, 0.15) is 18.2 Å². The first-order valence-corrected chi connectivity index (χ1v) is 10.1. The SMILES string of the molecule is Cc1ccc(Cn2c(COc3ccc(C(C)(C)C)cc3)nc3ccccc32)cc1. The van der Waals surface area contributed by atoms with Crippen molar-refractivity contribution in [1.82, 2.24) is 9.55 Å². The maximum atomic E-state index is 6.10. The van der Waals surface area contributed by atoms with Gasteiger partial charge in [0.2, 0.25) is 0 Å². The molecule has 3 nitrogen and oxygen atoms in total. The van der Waals surface area contributed by atoms with E-state index in [0.29, 0.717) is 6.61 Å². The Bertz CT molecular complexity index is 1100. The Morgan fingerprint density at radius 3 is 2.24 bits per heavy atom. The Morgan fingerprint density at radius 1 is 0.862 bits per heavy atom. The molecular formula is C26H28N2O. The van der Waals surface area contributed by atoms with E-state index in [-0.39, 0.29) is 5.41 Å². The number of hydrogen-bond acceptors (Lipinski definition) is 2. The molecule has 3 aromatic carbocycles. The van der Waals surface area contributed by atoms with E-state index in [0.717, 1.165) is 29.2 Å². The summed E-state index contributed by atoms with van der Waals surface area (Å²) >= 11 is 0. The highest BCUT2D eigenvalue weighted by atomic mass is 16.5. The molecule has 0 aliphatic heterocycles. The van der Waals surface area contributed by atoms with Crippen molar-refractivity contribution in [3.8, 4) is 5.75 Å². The lowest BCUT2D eigenvalue weighted by Crippen LogP contribution is -2.11. The molecule has 0 saturated carbocycles. The van der Waals surface area contributed by atoms with Gasteiger partial charge in [-0.3, -0.25) is 0 Å². The van der Waals surface area contributed by atoms with Gasteiger partial charge in [-0.05, 0) is 47.7 Å². The summed E-state index contributed by atoms with van der Waals surface area (Å²) in [6.07, 6.45) is 0. The number of imidazole rings is 1. The number of rotatable bonds is 5. The van der Waals surface area contributed by atoms with Crippen molar-refractivity contribution in [3.05, 3.63) is 95.3 Å². The predicted octanol–water partition coefficient (Wildman–Crippen LogP) is 6.27. The molecule has 4 rings (SSSR count). The molecule has 0 fully saturated rings. The lowest BCUT2D eigenvalue weighted by molar-refractivity contribution is 0.291. The first-order valence-electron chi connectivity index (χ1n) is 10.1. The summed E-state index contributed by atoms with van der Waals surface area (Å²) in [4.78, 5) is 4.84. The average Bonchev–Trinajstić information content (AvgIpc) is 3.05. The summed E-state index contributed by atoms with van der Waals surface area (Å²) in [6, 6.07) is 25.3. The van der Waals surface area contributed by atoms with Crippen LogP contribution in [0.1, 0.15) is 43.3 Å². The van der Waals surface area contributed by atoms with Crippen LogP contribution in [0.5, 0.6) is 5.75 Å². The van der Waals surface area contributed by atoms with Crippen LogP contribution in [0.15, 0.2) is 72.8 Å². The van der Waals surface area contributed by atoms with Gasteiger partial charge in [0.15, 0.2) is 0 Å². The summed E-state index contributed by atoms with van der Waals surface area (Å²) in [7, 11) is 0. The monoisotopic (exact) mass is 384 g/mol. The third kappa shape index (κ3) is 4.34. The van der Waals surface area contributed by atoms with Gasteiger partial charge in [0.05, 0.1) is 11.0 Å². The number of ether oxygens (including phenoxy) is 1. The zero-order valence-electron chi connectivity index (χ0n) is 17.6. The zero-order chi connectivity index (χ0) is 20.4. The van der Waals surface area contributed by atoms with Crippen molar-refractivity contribution in [2.75, 3.05) is 0 Å². The highest BCUT2D eigenvalue weighted by Crippen LogP contribution is 2.25. The number of hydrogen-bond donors (Lipinski definition) is 0. The standard InChI is InChI=1S/C26H28N2O/c1-19-9-11-20(12-10-19)17-28-24-8-6-5-7-23(24)27-25(28)18-29-22-15-13-21(14-16-22)26(2,3)4/h5-16H,17-18H2,1-4H3. The summed E-state index contributed by atoms with van der Waals surface area (Å²) in [5.74, 6) is 1.80. The summed E-state index contributed by atoms with van der Waals surface area (Å²) in [5, 5.41) is 0. The van der Waals surface area contributed by atoms with Gasteiger partial charge in [-0.1, -0.05) is 74.9 Å². The predicted molar refractivity (Wildman–Crippen MR) is 119 cm³/mol. The normalized spacial score (nSPS) is 11.7. The van der Waals surface area contributed by atoms with Crippen molar-refractivity contribution in [2.45, 2.75) is 46.3 Å². The highest BCUT2D eigenvalue weighted by Gasteiger charge is 2.14. The molecule has 0 aliphatic rings. The van der Waals surface area contributed by atoms with Crippen LogP contribution in [0.25, 0.3) is 11.0 Å². The fraction of sp³-hybridized carbons (Fsp3) is 0.269. The van der Waals surface area contributed by atoms with E-state index in [1.54, 1.807) is 0 Å². The van der Waals surface area contributed by atoms with Gasteiger partial charge in [-0.25, -0.2) is 4.98 Å². The first-order chi connectivity index (χ1) is 13.9. The minimum Gasteiger partial charge on any atom is -0.486 e. The van der Waals surface area contributed by atoms with E-state index in [1.807, 2.05) is 18.2 Å². The number of nitrogens with zero attached hydrogens (tertiary/aromatic N) is 2. The number of aryl methyl sites for hydroxylation is 1. The van der Waals surface area contributed by atoms with Crippen LogP contribution < -0.4 is 4.74 Å². The lowest BCUT2D eigenvalue weighted by Gasteiger charge is -2.19. The van der Waals surface area contributed by atoms with Crippen molar-refractivity contribution in [1.29, 1.82) is 0 Å². The number of benzene rings is 3. The molecule has 0 saturated heterocycles. The second-order valence-electron chi connectivity index (χ2n) is 8.65. The van der Waals surface area contributed by atoms with Crippen LogP contribution in [0.2, 0.25) is 0 Å². The van der Waals surface area contributed by atoms with Crippen LogP contribution >= 0.6 is 0 Å². The molecule has 0 unspecified atom stereocenters. The second kappa shape index (κ2) is 7.75. The van der Waals surface area contributed by atoms with Crippen molar-refractivity contribution >= 4 is 11.0 Å². The maximum Gasteiger partial charge on any atom is 0.148 e. The Balaban J connectivity index is 1.59. The molecular weight excluding hydrogens is 356 g/mol. The van der Waals surface area contributed by atoms with Crippen LogP contribution in [-0.2, 0) is 18.6 Å². The molecule has 0 spiro atoms. The minimum atomic E-state index is 0.139. The topological polar surface area (TPSA) is 27.1 Å². The smallest absolute Gasteiger partial charge is 0.148 e. The van der Waals surface area contributed by atoms with E-state index in [1.165, 1.54) is 16.7 Å². The Labute approximate surface area is 173 Å². The quantitative estimate of drug-likeness (QED) is 0.405. The fourth-order valence-corrected chi connectivity index (χ4v) is 3.49. The molecule has 29 heavy (non-hydrogen) atoms. The van der Waals surface area contributed by atoms with Crippen molar-refractivity contribution < 1.29 is 4.74 Å². The van der Waals surface area contributed by atoms with Gasteiger partial charge in [0, 0.05) is 6.54 Å². The Morgan fingerprint density at radius 2 is 1.55 bits per heavy atom. The van der Waals surface area contributed by atoms with Crippen LogP contribution in [0.3, 0.4) is 0 Å². The molecule has 3 heteroatoms. The van der Waals surface area contributed by atoms with E-state index >= 15 is 0 Å². The Hall–Kier alpha value is -3.07. The Kier molecular flexibility index (Phi) is 5.14. The first kappa shape index (κ1) is 19.3. The van der Waals surface area contributed by atoms with E-state index in [4.69, 9.17) is 9.72 Å². The van der Waals surface area contributed by atoms with Crippen LogP contribution in [0, 0.1) is 6.92 Å². The van der Waals surface area contributed by atoms with E-state index < -0.39 is 0 Å².